The molecule has 4 heterocycles. The van der Waals surface area contributed by atoms with E-state index >= 15 is 0 Å². The van der Waals surface area contributed by atoms with E-state index in [1.54, 1.807) is 11.3 Å². The van der Waals surface area contributed by atoms with Gasteiger partial charge in [-0.3, -0.25) is 0 Å². The summed E-state index contributed by atoms with van der Waals surface area (Å²) in [7, 11) is 0. The van der Waals surface area contributed by atoms with Crippen molar-refractivity contribution in [2.45, 2.75) is 0 Å². The first-order valence-electron chi connectivity index (χ1n) is 19.0. The van der Waals surface area contributed by atoms with Crippen LogP contribution in [0.3, 0.4) is 0 Å². The smallest absolute Gasteiger partial charge is 0.167 e. The van der Waals surface area contributed by atoms with Crippen LogP contribution < -0.4 is 0 Å². The molecule has 4 aromatic heterocycles. The molecule has 0 atom stereocenters. The number of aromatic nitrogens is 4. The van der Waals surface area contributed by atoms with Gasteiger partial charge < -0.3 is 8.98 Å². The largest absolute Gasteiger partial charge is 0.455 e. The van der Waals surface area contributed by atoms with Gasteiger partial charge in [0, 0.05) is 64.6 Å². The Morgan fingerprint density at radius 2 is 1.02 bits per heavy atom. The Labute approximate surface area is 330 Å². The predicted molar refractivity (Wildman–Crippen MR) is 236 cm³/mol. The molecule has 57 heavy (non-hydrogen) atoms. The molecule has 0 aliphatic rings. The molecule has 0 aliphatic carbocycles. The van der Waals surface area contributed by atoms with Gasteiger partial charge in [0.2, 0.25) is 0 Å². The zero-order valence-corrected chi connectivity index (χ0v) is 31.2. The van der Waals surface area contributed by atoms with Crippen LogP contribution in [-0.4, -0.2) is 19.5 Å². The monoisotopic (exact) mass is 746 g/mol. The third-order valence-electron chi connectivity index (χ3n) is 11.1. The van der Waals surface area contributed by atoms with Crippen LogP contribution in [-0.2, 0) is 0 Å². The SMILES string of the molecule is c1ccc(-c2ccc(-n3c4ccccc4c4cc5c(cc43)oc3c(-c4nc(-c6ccccc6)nc(-c6ccc7c(c6)sc6ccccc67)n4)cccc35)cc2)cc1. The van der Waals surface area contributed by atoms with E-state index in [2.05, 4.69) is 156 Å². The molecular weight excluding hydrogens is 717 g/mol. The third-order valence-corrected chi connectivity index (χ3v) is 12.2. The van der Waals surface area contributed by atoms with Gasteiger partial charge in [-0.25, -0.2) is 15.0 Å². The van der Waals surface area contributed by atoms with Gasteiger partial charge in [-0.15, -0.1) is 11.3 Å². The molecule has 0 fully saturated rings. The predicted octanol–water partition coefficient (Wildman–Crippen LogP) is 13.9. The van der Waals surface area contributed by atoms with Gasteiger partial charge in [0.1, 0.15) is 11.2 Å². The molecule has 0 N–H and O–H groups in total. The van der Waals surface area contributed by atoms with Crippen LogP contribution in [0.15, 0.2) is 186 Å². The lowest BCUT2D eigenvalue weighted by atomic mass is 10.1. The van der Waals surface area contributed by atoms with E-state index in [1.807, 2.05) is 30.3 Å². The topological polar surface area (TPSA) is 56.7 Å². The summed E-state index contributed by atoms with van der Waals surface area (Å²) >= 11 is 1.79. The summed E-state index contributed by atoms with van der Waals surface area (Å²) in [4.78, 5) is 15.3. The molecule has 0 saturated carbocycles. The lowest BCUT2D eigenvalue weighted by molar-refractivity contribution is 0.670. The Morgan fingerprint density at radius 1 is 0.386 bits per heavy atom. The first kappa shape index (κ1) is 31.9. The Bertz CT molecular complexity index is 3510. The van der Waals surface area contributed by atoms with Crippen LogP contribution in [0.2, 0.25) is 0 Å². The zero-order valence-electron chi connectivity index (χ0n) is 30.4. The Hall–Kier alpha value is -7.41. The first-order valence-corrected chi connectivity index (χ1v) is 19.8. The summed E-state index contributed by atoms with van der Waals surface area (Å²) < 4.78 is 11.7. The highest BCUT2D eigenvalue weighted by molar-refractivity contribution is 7.25. The highest BCUT2D eigenvalue weighted by Crippen LogP contribution is 2.42. The normalized spacial score (nSPS) is 11.9. The minimum Gasteiger partial charge on any atom is -0.455 e. The van der Waals surface area contributed by atoms with Crippen molar-refractivity contribution in [2.75, 3.05) is 0 Å². The fraction of sp³-hybridized carbons (Fsp3) is 0. The molecular formula is C51H30N4OS. The molecule has 12 rings (SSSR count). The maximum atomic E-state index is 6.88. The number of rotatable bonds is 5. The van der Waals surface area contributed by atoms with E-state index < -0.39 is 0 Å². The van der Waals surface area contributed by atoms with Crippen molar-refractivity contribution >= 4 is 75.3 Å². The van der Waals surface area contributed by atoms with Gasteiger partial charge in [0.05, 0.1) is 16.6 Å². The summed E-state index contributed by atoms with van der Waals surface area (Å²) in [5.41, 5.74) is 9.96. The second kappa shape index (κ2) is 12.6. The molecule has 6 heteroatoms. The number of fused-ring (bicyclic) bond motifs is 9. The minimum atomic E-state index is 0.568. The fourth-order valence-electron chi connectivity index (χ4n) is 8.35. The van der Waals surface area contributed by atoms with Gasteiger partial charge in [-0.1, -0.05) is 133 Å². The highest BCUT2D eigenvalue weighted by Gasteiger charge is 2.21. The summed E-state index contributed by atoms with van der Waals surface area (Å²) in [5.74, 6) is 1.80. The van der Waals surface area contributed by atoms with E-state index in [1.165, 1.54) is 42.1 Å². The van der Waals surface area contributed by atoms with Crippen molar-refractivity contribution < 1.29 is 4.42 Å². The molecule has 0 spiro atoms. The van der Waals surface area contributed by atoms with Crippen molar-refractivity contribution in [1.82, 2.24) is 19.5 Å². The molecule has 0 bridgehead atoms. The van der Waals surface area contributed by atoms with Crippen molar-refractivity contribution in [3.63, 3.8) is 0 Å². The Balaban J connectivity index is 1.04. The van der Waals surface area contributed by atoms with Crippen molar-refractivity contribution in [3.8, 4) is 51.0 Å². The Morgan fingerprint density at radius 3 is 1.84 bits per heavy atom. The number of nitrogens with zero attached hydrogens (tertiary/aromatic N) is 4. The van der Waals surface area contributed by atoms with Crippen LogP contribution in [0, 0.1) is 0 Å². The molecule has 5 nitrogen and oxygen atoms in total. The molecule has 0 radical (unpaired) electrons. The number of hydrogen-bond donors (Lipinski definition) is 0. The standard InChI is InChI=1S/C51H30N4OS/c1-3-12-31(13-4-1)32-22-25-35(26-23-32)55-43-20-9-7-16-36(43)41-29-42-39-18-11-19-40(48(39)56-45(42)30-44(41)55)51-53-49(33-14-5-2-6-15-33)52-50(54-51)34-24-27-38-37-17-8-10-21-46(37)57-47(38)28-34/h1-30H. The van der Waals surface area contributed by atoms with E-state index in [4.69, 9.17) is 19.4 Å². The highest BCUT2D eigenvalue weighted by atomic mass is 32.1. The van der Waals surface area contributed by atoms with Crippen LogP contribution in [0.5, 0.6) is 0 Å². The van der Waals surface area contributed by atoms with Gasteiger partial charge in [0.25, 0.3) is 0 Å². The average molecular weight is 747 g/mol. The zero-order chi connectivity index (χ0) is 37.5. The van der Waals surface area contributed by atoms with Crippen LogP contribution in [0.25, 0.3) is 115 Å². The van der Waals surface area contributed by atoms with Crippen molar-refractivity contribution in [2.24, 2.45) is 0 Å². The fourth-order valence-corrected chi connectivity index (χ4v) is 9.50. The maximum Gasteiger partial charge on any atom is 0.167 e. The molecule has 12 aromatic rings. The van der Waals surface area contributed by atoms with E-state index in [0.717, 1.165) is 55.3 Å². The van der Waals surface area contributed by atoms with Crippen molar-refractivity contribution in [3.05, 3.63) is 182 Å². The van der Waals surface area contributed by atoms with Crippen molar-refractivity contribution in [1.29, 1.82) is 0 Å². The summed E-state index contributed by atoms with van der Waals surface area (Å²) in [6.45, 7) is 0. The number of benzene rings is 8. The quantitative estimate of drug-likeness (QED) is 0.176. The number of furan rings is 1. The summed E-state index contributed by atoms with van der Waals surface area (Å²) in [5, 5.41) is 6.93. The lowest BCUT2D eigenvalue weighted by Gasteiger charge is -2.09. The number of hydrogen-bond acceptors (Lipinski definition) is 5. The maximum absolute atomic E-state index is 6.88. The van der Waals surface area contributed by atoms with Gasteiger partial charge >= 0.3 is 0 Å². The van der Waals surface area contributed by atoms with Crippen LogP contribution >= 0.6 is 11.3 Å². The summed E-state index contributed by atoms with van der Waals surface area (Å²) in [6, 6.07) is 63.8. The van der Waals surface area contributed by atoms with E-state index in [9.17, 15) is 0 Å². The van der Waals surface area contributed by atoms with Crippen LogP contribution in [0.1, 0.15) is 0 Å². The average Bonchev–Trinajstić information content (AvgIpc) is 3.95. The molecule has 0 unspecified atom stereocenters. The van der Waals surface area contributed by atoms with Crippen LogP contribution in [0.4, 0.5) is 0 Å². The molecule has 0 amide bonds. The molecule has 0 saturated heterocycles. The van der Waals surface area contributed by atoms with Gasteiger partial charge in [-0.05, 0) is 53.6 Å². The second-order valence-corrected chi connectivity index (χ2v) is 15.5. The Kier molecular flexibility index (Phi) is 7.03. The molecule has 0 aliphatic heterocycles. The number of thiophene rings is 1. The van der Waals surface area contributed by atoms with Gasteiger partial charge in [-0.2, -0.15) is 0 Å². The lowest BCUT2D eigenvalue weighted by Crippen LogP contribution is -2.00. The first-order chi connectivity index (χ1) is 28.2. The summed E-state index contributed by atoms with van der Waals surface area (Å²) in [6.07, 6.45) is 0. The number of para-hydroxylation sites is 2. The molecule has 8 aromatic carbocycles. The van der Waals surface area contributed by atoms with Gasteiger partial charge in [0.15, 0.2) is 17.5 Å². The van der Waals surface area contributed by atoms with E-state index in [-0.39, 0.29) is 0 Å². The molecule has 266 valence electrons. The minimum absolute atomic E-state index is 0.568. The second-order valence-electron chi connectivity index (χ2n) is 14.4. The van der Waals surface area contributed by atoms with E-state index in [0.29, 0.717) is 17.5 Å². The third kappa shape index (κ3) is 5.12.